The normalized spacial score (nSPS) is 18.1. The predicted octanol–water partition coefficient (Wildman–Crippen LogP) is 6.22. The highest BCUT2D eigenvalue weighted by Crippen LogP contribution is 2.60. The van der Waals surface area contributed by atoms with Crippen LogP contribution in [0.2, 0.25) is 0 Å². The molecule has 3 heteroatoms. The molecule has 0 aromatic heterocycles. The van der Waals surface area contributed by atoms with Gasteiger partial charge in [-0.25, -0.2) is 0 Å². The van der Waals surface area contributed by atoms with Crippen LogP contribution >= 0.6 is 43.5 Å². The zero-order valence-corrected chi connectivity index (χ0v) is 14.2. The van der Waals surface area contributed by atoms with Gasteiger partial charge in [-0.15, -0.1) is 11.6 Å². The summed E-state index contributed by atoms with van der Waals surface area (Å²) in [7, 11) is 0. The molecule has 0 saturated heterocycles. The molecule has 0 radical (unpaired) electrons. The van der Waals surface area contributed by atoms with Crippen LogP contribution in [-0.4, -0.2) is 0 Å². The summed E-state index contributed by atoms with van der Waals surface area (Å²) in [6, 6.07) is 16.8. The van der Waals surface area contributed by atoms with Gasteiger partial charge < -0.3 is 0 Å². The number of hydrogen-bond acceptors (Lipinski definition) is 0. The molecule has 2 aromatic carbocycles. The molecule has 98 valence electrons. The average Bonchev–Trinajstić information content (AvgIpc) is 3.23. The molecule has 1 aliphatic carbocycles. The molecule has 1 unspecified atom stereocenters. The molecular formula is C16H13Br2Cl. The molecule has 0 spiro atoms. The van der Waals surface area contributed by atoms with Crippen molar-refractivity contribution in [3.05, 3.63) is 68.6 Å². The maximum atomic E-state index is 6.82. The Hall–Kier alpha value is -0.310. The van der Waals surface area contributed by atoms with Crippen LogP contribution in [0.25, 0.3) is 0 Å². The number of alkyl halides is 1. The Morgan fingerprint density at radius 3 is 2.32 bits per heavy atom. The first-order chi connectivity index (χ1) is 9.13. The second kappa shape index (κ2) is 5.23. The quantitative estimate of drug-likeness (QED) is 0.536. The van der Waals surface area contributed by atoms with Crippen LogP contribution in [0.15, 0.2) is 57.5 Å². The van der Waals surface area contributed by atoms with Crippen LogP contribution in [0.5, 0.6) is 0 Å². The van der Waals surface area contributed by atoms with Crippen molar-refractivity contribution in [3.63, 3.8) is 0 Å². The van der Waals surface area contributed by atoms with E-state index in [2.05, 4.69) is 74.3 Å². The summed E-state index contributed by atoms with van der Waals surface area (Å²) in [5, 5.41) is 0.00164. The molecule has 1 saturated carbocycles. The molecule has 3 rings (SSSR count). The van der Waals surface area contributed by atoms with Gasteiger partial charge >= 0.3 is 0 Å². The third-order valence-corrected chi connectivity index (χ3v) is 5.72. The van der Waals surface area contributed by atoms with E-state index in [1.807, 2.05) is 6.07 Å². The van der Waals surface area contributed by atoms with Crippen molar-refractivity contribution in [2.75, 3.05) is 0 Å². The third kappa shape index (κ3) is 2.51. The fourth-order valence-electron chi connectivity index (χ4n) is 2.60. The van der Waals surface area contributed by atoms with Gasteiger partial charge in [-0.05, 0) is 42.2 Å². The van der Waals surface area contributed by atoms with Crippen molar-refractivity contribution in [3.8, 4) is 0 Å². The molecule has 1 fully saturated rings. The molecular weight excluding hydrogens is 387 g/mol. The van der Waals surface area contributed by atoms with Gasteiger partial charge in [0, 0.05) is 14.4 Å². The summed E-state index contributed by atoms with van der Waals surface area (Å²) in [5.74, 6) is 0. The Morgan fingerprint density at radius 1 is 1.00 bits per heavy atom. The van der Waals surface area contributed by atoms with E-state index >= 15 is 0 Å². The fraction of sp³-hybridized carbons (Fsp3) is 0.250. The Bertz CT molecular complexity index is 591. The van der Waals surface area contributed by atoms with Gasteiger partial charge in [0.25, 0.3) is 0 Å². The van der Waals surface area contributed by atoms with Gasteiger partial charge in [0.1, 0.15) is 0 Å². The van der Waals surface area contributed by atoms with E-state index in [0.29, 0.717) is 0 Å². The van der Waals surface area contributed by atoms with Crippen molar-refractivity contribution in [2.24, 2.45) is 0 Å². The molecule has 0 heterocycles. The molecule has 0 bridgehead atoms. The van der Waals surface area contributed by atoms with E-state index in [1.54, 1.807) is 0 Å². The topological polar surface area (TPSA) is 0 Å². The lowest BCUT2D eigenvalue weighted by atomic mass is 9.88. The second-order valence-electron chi connectivity index (χ2n) is 5.05. The molecule has 0 amide bonds. The fourth-order valence-corrected chi connectivity index (χ4v) is 4.11. The van der Waals surface area contributed by atoms with Crippen LogP contribution in [0.4, 0.5) is 0 Å². The van der Waals surface area contributed by atoms with Crippen molar-refractivity contribution in [1.82, 2.24) is 0 Å². The van der Waals surface area contributed by atoms with Gasteiger partial charge in [0.2, 0.25) is 0 Å². The van der Waals surface area contributed by atoms with Gasteiger partial charge in [-0.2, -0.15) is 0 Å². The van der Waals surface area contributed by atoms with E-state index in [-0.39, 0.29) is 10.8 Å². The van der Waals surface area contributed by atoms with Crippen LogP contribution in [-0.2, 0) is 5.41 Å². The lowest BCUT2D eigenvalue weighted by molar-refractivity contribution is 0.660. The highest BCUT2D eigenvalue weighted by atomic mass is 79.9. The number of halogens is 3. The van der Waals surface area contributed by atoms with Gasteiger partial charge in [0.05, 0.1) is 5.38 Å². The van der Waals surface area contributed by atoms with E-state index < -0.39 is 0 Å². The Morgan fingerprint density at radius 2 is 1.68 bits per heavy atom. The van der Waals surface area contributed by atoms with Gasteiger partial charge in [-0.1, -0.05) is 62.2 Å². The van der Waals surface area contributed by atoms with Gasteiger partial charge in [0.15, 0.2) is 0 Å². The van der Waals surface area contributed by atoms with Crippen molar-refractivity contribution < 1.29 is 0 Å². The Kier molecular flexibility index (Phi) is 3.76. The monoisotopic (exact) mass is 398 g/mol. The highest BCUT2D eigenvalue weighted by molar-refractivity contribution is 9.11. The summed E-state index contributed by atoms with van der Waals surface area (Å²) in [6.07, 6.45) is 2.31. The Balaban J connectivity index is 2.00. The first-order valence-electron chi connectivity index (χ1n) is 6.28. The Labute approximate surface area is 135 Å². The van der Waals surface area contributed by atoms with Crippen LogP contribution in [0.1, 0.15) is 29.3 Å². The summed E-state index contributed by atoms with van der Waals surface area (Å²) in [4.78, 5) is 0. The summed E-state index contributed by atoms with van der Waals surface area (Å²) in [6.45, 7) is 0. The summed E-state index contributed by atoms with van der Waals surface area (Å²) < 4.78 is 2.15. The lowest BCUT2D eigenvalue weighted by Crippen LogP contribution is -2.14. The molecule has 19 heavy (non-hydrogen) atoms. The second-order valence-corrected chi connectivity index (χ2v) is 7.26. The molecule has 0 aliphatic heterocycles. The minimum atomic E-state index is 0.00164. The van der Waals surface area contributed by atoms with Crippen molar-refractivity contribution >= 4 is 43.5 Å². The molecule has 1 aliphatic rings. The first kappa shape index (κ1) is 13.7. The van der Waals surface area contributed by atoms with Crippen LogP contribution < -0.4 is 0 Å². The van der Waals surface area contributed by atoms with E-state index in [9.17, 15) is 0 Å². The minimum absolute atomic E-state index is 0.00164. The van der Waals surface area contributed by atoms with E-state index in [4.69, 9.17) is 11.6 Å². The largest absolute Gasteiger partial charge is 0.117 e. The predicted molar refractivity (Wildman–Crippen MR) is 87.8 cm³/mol. The third-order valence-electron chi connectivity index (χ3n) is 3.85. The highest BCUT2D eigenvalue weighted by Gasteiger charge is 2.50. The first-order valence-corrected chi connectivity index (χ1v) is 8.30. The van der Waals surface area contributed by atoms with Gasteiger partial charge in [-0.3, -0.25) is 0 Å². The van der Waals surface area contributed by atoms with E-state index in [1.165, 1.54) is 5.56 Å². The maximum absolute atomic E-state index is 6.82. The summed E-state index contributed by atoms with van der Waals surface area (Å²) in [5.41, 5.74) is 2.62. The minimum Gasteiger partial charge on any atom is -0.117 e. The smallest absolute Gasteiger partial charge is 0.0693 e. The molecule has 1 atom stereocenters. The molecule has 0 nitrogen and oxygen atoms in total. The summed E-state index contributed by atoms with van der Waals surface area (Å²) >= 11 is 14.0. The molecule has 2 aromatic rings. The lowest BCUT2D eigenvalue weighted by Gasteiger charge is -2.23. The van der Waals surface area contributed by atoms with Crippen LogP contribution in [0, 0.1) is 0 Å². The SMILES string of the molecule is ClC(c1cc(Br)ccc1Br)C1(c2ccccc2)CC1. The average molecular weight is 401 g/mol. The number of hydrogen-bond donors (Lipinski definition) is 0. The number of rotatable bonds is 3. The van der Waals surface area contributed by atoms with Crippen molar-refractivity contribution in [2.45, 2.75) is 23.6 Å². The standard InChI is InChI=1S/C16H13Br2Cl/c17-12-6-7-14(18)13(10-12)15(19)16(8-9-16)11-4-2-1-3-5-11/h1-7,10,15H,8-9H2. The van der Waals surface area contributed by atoms with Crippen LogP contribution in [0.3, 0.4) is 0 Å². The number of benzene rings is 2. The maximum Gasteiger partial charge on any atom is 0.0693 e. The van der Waals surface area contributed by atoms with Crippen molar-refractivity contribution in [1.29, 1.82) is 0 Å². The molecule has 0 N–H and O–H groups in total. The zero-order valence-electron chi connectivity index (χ0n) is 10.2. The zero-order chi connectivity index (χ0) is 13.5. The van der Waals surface area contributed by atoms with E-state index in [0.717, 1.165) is 27.4 Å².